The van der Waals surface area contributed by atoms with Gasteiger partial charge in [0.1, 0.15) is 0 Å². The van der Waals surface area contributed by atoms with Crippen LogP contribution in [0.15, 0.2) is 30.3 Å². The van der Waals surface area contributed by atoms with E-state index < -0.39 is 0 Å². The van der Waals surface area contributed by atoms with Crippen LogP contribution >= 0.6 is 0 Å². The van der Waals surface area contributed by atoms with Crippen LogP contribution in [0.1, 0.15) is 32.6 Å². The first-order valence-corrected chi connectivity index (χ1v) is 8.71. The van der Waals surface area contributed by atoms with Gasteiger partial charge in [-0.3, -0.25) is 0 Å². The van der Waals surface area contributed by atoms with Gasteiger partial charge in [0, 0.05) is 37.9 Å². The quantitative estimate of drug-likeness (QED) is 0.812. The molecule has 1 heterocycles. The van der Waals surface area contributed by atoms with E-state index in [1.54, 1.807) is 4.90 Å². The van der Waals surface area contributed by atoms with Crippen LogP contribution in [0, 0.1) is 0 Å². The molecule has 1 aromatic rings. The van der Waals surface area contributed by atoms with Gasteiger partial charge in [0.25, 0.3) is 0 Å². The van der Waals surface area contributed by atoms with Crippen molar-refractivity contribution in [3.05, 3.63) is 30.3 Å². The van der Waals surface area contributed by atoms with Crippen LogP contribution < -0.4 is 10.2 Å². The van der Waals surface area contributed by atoms with Gasteiger partial charge in [0.15, 0.2) is 0 Å². The van der Waals surface area contributed by atoms with E-state index in [1.807, 2.05) is 6.07 Å². The number of rotatable bonds is 7. The molecule has 2 amide bonds. The molecule has 0 aliphatic carbocycles. The molecular formula is C18H29N3O2. The van der Waals surface area contributed by atoms with Crippen molar-refractivity contribution >= 4 is 11.7 Å². The highest BCUT2D eigenvalue weighted by atomic mass is 16.3. The largest absolute Gasteiger partial charge is 0.395 e. The Labute approximate surface area is 139 Å². The van der Waals surface area contributed by atoms with Gasteiger partial charge < -0.3 is 20.2 Å². The van der Waals surface area contributed by atoms with Crippen LogP contribution in [0.25, 0.3) is 0 Å². The second kappa shape index (κ2) is 9.40. The predicted octanol–water partition coefficient (Wildman–Crippen LogP) is 2.46. The Bertz CT molecular complexity index is 459. The normalized spacial score (nSPS) is 15.5. The maximum Gasteiger partial charge on any atom is 0.317 e. The lowest BCUT2D eigenvalue weighted by Gasteiger charge is -2.35. The Balaban J connectivity index is 1.79. The number of nitrogens with zero attached hydrogens (tertiary/aromatic N) is 2. The number of aliphatic hydroxyl groups is 1. The SMILES string of the molecule is CCCCN(CCO)C(=O)NC1CCN(c2ccccc2)CC1. The molecule has 1 aromatic carbocycles. The lowest BCUT2D eigenvalue weighted by molar-refractivity contribution is 0.171. The summed E-state index contributed by atoms with van der Waals surface area (Å²) in [6.07, 6.45) is 3.94. The van der Waals surface area contributed by atoms with Gasteiger partial charge >= 0.3 is 6.03 Å². The minimum absolute atomic E-state index is 0.0174. The van der Waals surface area contributed by atoms with E-state index in [1.165, 1.54) is 5.69 Å². The van der Waals surface area contributed by atoms with Gasteiger partial charge in [-0.25, -0.2) is 4.79 Å². The summed E-state index contributed by atoms with van der Waals surface area (Å²) in [5.41, 5.74) is 1.25. The average molecular weight is 319 g/mol. The monoisotopic (exact) mass is 319 g/mol. The zero-order valence-electron chi connectivity index (χ0n) is 14.1. The summed E-state index contributed by atoms with van der Waals surface area (Å²) < 4.78 is 0. The van der Waals surface area contributed by atoms with Gasteiger partial charge in [-0.05, 0) is 31.4 Å². The number of piperidine rings is 1. The van der Waals surface area contributed by atoms with E-state index in [0.717, 1.165) is 38.8 Å². The summed E-state index contributed by atoms with van der Waals surface area (Å²) in [6, 6.07) is 10.6. The van der Waals surface area contributed by atoms with E-state index in [9.17, 15) is 4.79 Å². The Hall–Kier alpha value is -1.75. The van der Waals surface area contributed by atoms with Crippen LogP contribution in [0.3, 0.4) is 0 Å². The molecule has 0 spiro atoms. The Morgan fingerprint density at radius 3 is 2.57 bits per heavy atom. The smallest absolute Gasteiger partial charge is 0.317 e. The highest BCUT2D eigenvalue weighted by Crippen LogP contribution is 2.19. The number of urea groups is 1. The van der Waals surface area contributed by atoms with Gasteiger partial charge in [-0.2, -0.15) is 0 Å². The first-order chi connectivity index (χ1) is 11.2. The number of amides is 2. The van der Waals surface area contributed by atoms with Crippen molar-refractivity contribution in [3.63, 3.8) is 0 Å². The Morgan fingerprint density at radius 2 is 1.96 bits per heavy atom. The van der Waals surface area contributed by atoms with Gasteiger partial charge in [0.05, 0.1) is 6.61 Å². The molecule has 1 fully saturated rings. The van der Waals surface area contributed by atoms with Crippen LogP contribution in [0.4, 0.5) is 10.5 Å². The third-order valence-corrected chi connectivity index (χ3v) is 4.38. The fourth-order valence-electron chi connectivity index (χ4n) is 2.97. The fourth-order valence-corrected chi connectivity index (χ4v) is 2.97. The van der Waals surface area contributed by atoms with Crippen molar-refractivity contribution in [3.8, 4) is 0 Å². The highest BCUT2D eigenvalue weighted by molar-refractivity contribution is 5.74. The third kappa shape index (κ3) is 5.43. The molecule has 1 saturated heterocycles. The molecule has 23 heavy (non-hydrogen) atoms. The molecule has 0 atom stereocenters. The molecule has 2 N–H and O–H groups in total. The molecule has 0 saturated carbocycles. The number of aliphatic hydroxyl groups excluding tert-OH is 1. The van der Waals surface area contributed by atoms with E-state index >= 15 is 0 Å². The second-order valence-corrected chi connectivity index (χ2v) is 6.11. The summed E-state index contributed by atoms with van der Waals surface area (Å²) in [7, 11) is 0. The van der Waals surface area contributed by atoms with Crippen molar-refractivity contribution in [1.82, 2.24) is 10.2 Å². The van der Waals surface area contributed by atoms with Crippen molar-refractivity contribution < 1.29 is 9.90 Å². The van der Waals surface area contributed by atoms with Crippen molar-refractivity contribution in [1.29, 1.82) is 0 Å². The first kappa shape index (κ1) is 17.6. The standard InChI is InChI=1S/C18H29N3O2/c1-2-3-11-21(14-15-22)18(23)19-16-9-12-20(13-10-16)17-7-5-4-6-8-17/h4-8,16,22H,2-3,9-15H2,1H3,(H,19,23). The topological polar surface area (TPSA) is 55.8 Å². The molecular weight excluding hydrogens is 290 g/mol. The minimum atomic E-state index is -0.0364. The molecule has 2 rings (SSSR count). The lowest BCUT2D eigenvalue weighted by Crippen LogP contribution is -2.50. The summed E-state index contributed by atoms with van der Waals surface area (Å²) >= 11 is 0. The second-order valence-electron chi connectivity index (χ2n) is 6.11. The van der Waals surface area contributed by atoms with Crippen LogP contribution in [0.5, 0.6) is 0 Å². The van der Waals surface area contributed by atoms with Crippen LogP contribution in [-0.4, -0.2) is 54.9 Å². The van der Waals surface area contributed by atoms with Crippen LogP contribution in [0.2, 0.25) is 0 Å². The zero-order chi connectivity index (χ0) is 16.5. The summed E-state index contributed by atoms with van der Waals surface area (Å²) in [5, 5.41) is 12.3. The molecule has 128 valence electrons. The van der Waals surface area contributed by atoms with Gasteiger partial charge in [-0.15, -0.1) is 0 Å². The van der Waals surface area contributed by atoms with Gasteiger partial charge in [0.2, 0.25) is 0 Å². The van der Waals surface area contributed by atoms with Crippen molar-refractivity contribution in [2.45, 2.75) is 38.6 Å². The maximum absolute atomic E-state index is 12.3. The summed E-state index contributed by atoms with van der Waals surface area (Å²) in [5.74, 6) is 0. The van der Waals surface area contributed by atoms with Gasteiger partial charge in [-0.1, -0.05) is 31.5 Å². The molecule has 0 bridgehead atoms. The lowest BCUT2D eigenvalue weighted by atomic mass is 10.0. The van der Waals surface area contributed by atoms with E-state index in [4.69, 9.17) is 5.11 Å². The third-order valence-electron chi connectivity index (χ3n) is 4.38. The molecule has 0 radical (unpaired) electrons. The fraction of sp³-hybridized carbons (Fsp3) is 0.611. The highest BCUT2D eigenvalue weighted by Gasteiger charge is 2.22. The zero-order valence-corrected chi connectivity index (χ0v) is 14.1. The summed E-state index contributed by atoms with van der Waals surface area (Å²) in [4.78, 5) is 16.4. The summed E-state index contributed by atoms with van der Waals surface area (Å²) in [6.45, 7) is 5.17. The average Bonchev–Trinajstić information content (AvgIpc) is 2.60. The molecule has 0 unspecified atom stereocenters. The number of nitrogens with one attached hydrogen (secondary N) is 1. The number of para-hydroxylation sites is 1. The van der Waals surface area contributed by atoms with Crippen molar-refractivity contribution in [2.24, 2.45) is 0 Å². The number of benzene rings is 1. The Morgan fingerprint density at radius 1 is 1.26 bits per heavy atom. The number of carbonyl (C=O) groups excluding carboxylic acids is 1. The predicted molar refractivity (Wildman–Crippen MR) is 93.8 cm³/mol. The molecule has 5 nitrogen and oxygen atoms in total. The van der Waals surface area contributed by atoms with Crippen molar-refractivity contribution in [2.75, 3.05) is 37.7 Å². The Kier molecular flexibility index (Phi) is 7.20. The van der Waals surface area contributed by atoms with E-state index in [2.05, 4.69) is 41.4 Å². The molecule has 1 aliphatic heterocycles. The molecule has 5 heteroatoms. The first-order valence-electron chi connectivity index (χ1n) is 8.71. The number of anilines is 1. The number of hydrogen-bond donors (Lipinski definition) is 2. The number of hydrogen-bond acceptors (Lipinski definition) is 3. The number of carbonyl (C=O) groups is 1. The maximum atomic E-state index is 12.3. The molecule has 1 aliphatic rings. The van der Waals surface area contributed by atoms with E-state index in [0.29, 0.717) is 13.1 Å². The van der Waals surface area contributed by atoms with Crippen LogP contribution in [-0.2, 0) is 0 Å². The van der Waals surface area contributed by atoms with E-state index in [-0.39, 0.29) is 18.7 Å². The molecule has 0 aromatic heterocycles. The minimum Gasteiger partial charge on any atom is -0.395 e. The number of unbranched alkanes of at least 4 members (excludes halogenated alkanes) is 1.